The molecule has 1 aromatic carbocycles. The molecule has 5 heteroatoms. The van der Waals surface area contributed by atoms with Crippen molar-refractivity contribution >= 4 is 33.3 Å². The van der Waals surface area contributed by atoms with Crippen molar-refractivity contribution in [2.24, 2.45) is 0 Å². The summed E-state index contributed by atoms with van der Waals surface area (Å²) in [6.07, 6.45) is 0. The van der Waals surface area contributed by atoms with Crippen molar-refractivity contribution in [1.29, 1.82) is 0 Å². The van der Waals surface area contributed by atoms with Crippen molar-refractivity contribution in [2.45, 2.75) is 6.92 Å². The molecular formula is C13H13BrFN3. The highest BCUT2D eigenvalue weighted by Gasteiger charge is 2.03. The highest BCUT2D eigenvalue weighted by atomic mass is 79.9. The summed E-state index contributed by atoms with van der Waals surface area (Å²) in [4.78, 5) is 4.36. The fraction of sp³-hybridized carbons (Fsp3) is 0.154. The standard InChI is InChI=1S/C13H13BrFN3/c1-2-16-12-4-3-5-13(18-12)17-11-8-9(15)6-7-10(11)14/h3-8H,2H2,1H3,(H2,16,17,18). The number of hydrogen-bond donors (Lipinski definition) is 2. The first kappa shape index (κ1) is 12.8. The maximum Gasteiger partial charge on any atom is 0.132 e. The van der Waals surface area contributed by atoms with Gasteiger partial charge in [-0.15, -0.1) is 0 Å². The van der Waals surface area contributed by atoms with Crippen LogP contribution in [0.15, 0.2) is 40.9 Å². The van der Waals surface area contributed by atoms with E-state index in [9.17, 15) is 4.39 Å². The predicted molar refractivity (Wildman–Crippen MR) is 75.8 cm³/mol. The number of nitrogens with zero attached hydrogens (tertiary/aromatic N) is 1. The maximum atomic E-state index is 13.2. The second-order valence-corrected chi connectivity index (χ2v) is 4.54. The molecule has 0 aliphatic heterocycles. The zero-order chi connectivity index (χ0) is 13.0. The molecule has 94 valence electrons. The van der Waals surface area contributed by atoms with E-state index in [-0.39, 0.29) is 5.82 Å². The number of pyridine rings is 1. The maximum absolute atomic E-state index is 13.2. The number of nitrogens with one attached hydrogen (secondary N) is 2. The van der Waals surface area contributed by atoms with Crippen LogP contribution in [-0.2, 0) is 0 Å². The van der Waals surface area contributed by atoms with E-state index in [1.54, 1.807) is 6.07 Å². The van der Waals surface area contributed by atoms with E-state index in [1.165, 1.54) is 12.1 Å². The molecule has 0 atom stereocenters. The zero-order valence-electron chi connectivity index (χ0n) is 9.87. The molecule has 0 saturated carbocycles. The van der Waals surface area contributed by atoms with Gasteiger partial charge >= 0.3 is 0 Å². The molecular weight excluding hydrogens is 297 g/mol. The van der Waals surface area contributed by atoms with Crippen LogP contribution in [0, 0.1) is 5.82 Å². The van der Waals surface area contributed by atoms with Gasteiger partial charge in [-0.2, -0.15) is 0 Å². The van der Waals surface area contributed by atoms with Crippen molar-refractivity contribution in [3.8, 4) is 0 Å². The lowest BCUT2D eigenvalue weighted by Crippen LogP contribution is -2.01. The van der Waals surface area contributed by atoms with Gasteiger partial charge in [0.1, 0.15) is 17.5 Å². The van der Waals surface area contributed by atoms with Crippen molar-refractivity contribution in [3.63, 3.8) is 0 Å². The number of anilines is 3. The summed E-state index contributed by atoms with van der Waals surface area (Å²) in [6, 6.07) is 10.1. The number of aromatic nitrogens is 1. The van der Waals surface area contributed by atoms with Crippen molar-refractivity contribution < 1.29 is 4.39 Å². The van der Waals surface area contributed by atoms with Gasteiger partial charge in [-0.3, -0.25) is 0 Å². The molecule has 0 saturated heterocycles. The third kappa shape index (κ3) is 3.20. The van der Waals surface area contributed by atoms with Crippen LogP contribution in [-0.4, -0.2) is 11.5 Å². The monoisotopic (exact) mass is 309 g/mol. The minimum atomic E-state index is -0.288. The topological polar surface area (TPSA) is 37.0 Å². The van der Waals surface area contributed by atoms with E-state index >= 15 is 0 Å². The molecule has 0 fully saturated rings. The summed E-state index contributed by atoms with van der Waals surface area (Å²) in [7, 11) is 0. The Bertz CT molecular complexity index is 546. The second kappa shape index (κ2) is 5.82. The largest absolute Gasteiger partial charge is 0.370 e. The molecule has 0 amide bonds. The molecule has 0 bridgehead atoms. The Kier molecular flexibility index (Phi) is 4.15. The first-order valence-corrected chi connectivity index (χ1v) is 6.41. The van der Waals surface area contributed by atoms with Gasteiger partial charge in [-0.25, -0.2) is 9.37 Å². The van der Waals surface area contributed by atoms with Gasteiger partial charge in [0.25, 0.3) is 0 Å². The fourth-order valence-electron chi connectivity index (χ4n) is 1.52. The summed E-state index contributed by atoms with van der Waals surface area (Å²) in [5.41, 5.74) is 0.649. The first-order chi connectivity index (χ1) is 8.69. The van der Waals surface area contributed by atoms with Crippen LogP contribution in [0.1, 0.15) is 6.92 Å². The lowest BCUT2D eigenvalue weighted by atomic mass is 10.3. The minimum Gasteiger partial charge on any atom is -0.370 e. The smallest absolute Gasteiger partial charge is 0.132 e. The van der Waals surface area contributed by atoms with Crippen molar-refractivity contribution in [3.05, 3.63) is 46.7 Å². The lowest BCUT2D eigenvalue weighted by molar-refractivity contribution is 0.628. The van der Waals surface area contributed by atoms with E-state index in [4.69, 9.17) is 0 Å². The fourth-order valence-corrected chi connectivity index (χ4v) is 1.86. The van der Waals surface area contributed by atoms with E-state index in [0.29, 0.717) is 11.5 Å². The Balaban J connectivity index is 2.22. The molecule has 2 rings (SSSR count). The molecule has 2 aromatic rings. The summed E-state index contributed by atoms with van der Waals surface area (Å²) in [5.74, 6) is 1.17. The van der Waals surface area contributed by atoms with E-state index < -0.39 is 0 Å². The second-order valence-electron chi connectivity index (χ2n) is 3.69. The molecule has 18 heavy (non-hydrogen) atoms. The van der Waals surface area contributed by atoms with Gasteiger partial charge in [0.2, 0.25) is 0 Å². The Labute approximate surface area is 114 Å². The van der Waals surface area contributed by atoms with Crippen molar-refractivity contribution in [2.75, 3.05) is 17.2 Å². The first-order valence-electron chi connectivity index (χ1n) is 5.62. The van der Waals surface area contributed by atoms with E-state index in [0.717, 1.165) is 16.8 Å². The van der Waals surface area contributed by atoms with Crippen LogP contribution in [0.4, 0.5) is 21.7 Å². The third-order valence-corrected chi connectivity index (χ3v) is 2.99. The molecule has 0 aliphatic rings. The quantitative estimate of drug-likeness (QED) is 0.890. The van der Waals surface area contributed by atoms with Crippen LogP contribution in [0.2, 0.25) is 0 Å². The SMILES string of the molecule is CCNc1cccc(Nc2cc(F)ccc2Br)n1. The van der Waals surface area contributed by atoms with E-state index in [2.05, 4.69) is 31.5 Å². The molecule has 3 nitrogen and oxygen atoms in total. The Morgan fingerprint density at radius 3 is 2.78 bits per heavy atom. The summed E-state index contributed by atoms with van der Waals surface area (Å²) < 4.78 is 13.9. The number of halogens is 2. The highest BCUT2D eigenvalue weighted by molar-refractivity contribution is 9.10. The summed E-state index contributed by atoms with van der Waals surface area (Å²) in [5, 5.41) is 6.20. The average molecular weight is 310 g/mol. The molecule has 0 unspecified atom stereocenters. The van der Waals surface area contributed by atoms with Gasteiger partial charge in [0, 0.05) is 11.0 Å². The number of hydrogen-bond acceptors (Lipinski definition) is 3. The Hall–Kier alpha value is -1.62. The van der Waals surface area contributed by atoms with Gasteiger partial charge in [0.05, 0.1) is 5.69 Å². The third-order valence-electron chi connectivity index (χ3n) is 2.30. The van der Waals surface area contributed by atoms with Gasteiger partial charge < -0.3 is 10.6 Å². The van der Waals surface area contributed by atoms with Crippen LogP contribution in [0.3, 0.4) is 0 Å². The van der Waals surface area contributed by atoms with Gasteiger partial charge in [-0.05, 0) is 53.2 Å². The molecule has 1 aromatic heterocycles. The summed E-state index contributed by atoms with van der Waals surface area (Å²) in [6.45, 7) is 2.81. The molecule has 0 radical (unpaired) electrons. The normalized spacial score (nSPS) is 10.2. The van der Waals surface area contributed by atoms with Crippen LogP contribution in [0.5, 0.6) is 0 Å². The predicted octanol–water partition coefficient (Wildman–Crippen LogP) is 4.16. The number of benzene rings is 1. The Morgan fingerprint density at radius 2 is 2.00 bits per heavy atom. The molecule has 0 aliphatic carbocycles. The lowest BCUT2D eigenvalue weighted by Gasteiger charge is -2.09. The molecule has 2 N–H and O–H groups in total. The average Bonchev–Trinajstić information content (AvgIpc) is 2.35. The minimum absolute atomic E-state index is 0.288. The van der Waals surface area contributed by atoms with Crippen LogP contribution in [0.25, 0.3) is 0 Å². The highest BCUT2D eigenvalue weighted by Crippen LogP contribution is 2.26. The van der Waals surface area contributed by atoms with Gasteiger partial charge in [-0.1, -0.05) is 6.07 Å². The zero-order valence-corrected chi connectivity index (χ0v) is 11.5. The van der Waals surface area contributed by atoms with Crippen molar-refractivity contribution in [1.82, 2.24) is 4.98 Å². The number of rotatable bonds is 4. The van der Waals surface area contributed by atoms with Crippen LogP contribution >= 0.6 is 15.9 Å². The summed E-state index contributed by atoms with van der Waals surface area (Å²) >= 11 is 3.36. The molecule has 0 spiro atoms. The van der Waals surface area contributed by atoms with Gasteiger partial charge in [0.15, 0.2) is 0 Å². The van der Waals surface area contributed by atoms with E-state index in [1.807, 2.05) is 25.1 Å². The molecule has 1 heterocycles. The Morgan fingerprint density at radius 1 is 1.22 bits per heavy atom. The van der Waals surface area contributed by atoms with Crippen LogP contribution < -0.4 is 10.6 Å².